The Labute approximate surface area is 86.9 Å². The molecule has 1 nitrogen and oxygen atoms in total. The van der Waals surface area contributed by atoms with Crippen LogP contribution in [0.5, 0.6) is 0 Å². The van der Waals surface area contributed by atoms with Crippen LogP contribution in [0.25, 0.3) is 0 Å². The standard InChI is InChI=1S/C13H19N/c1-5-10(2)11(3)9-13-7-6-8-14-12(13)4/h7,9H,2,5-6,8H2,1,3-4H3/b11-9+. The number of nitrogens with zero attached hydrogens (tertiary/aromatic N) is 1. The number of rotatable bonds is 3. The van der Waals surface area contributed by atoms with Gasteiger partial charge in [-0.2, -0.15) is 0 Å². The minimum absolute atomic E-state index is 0.941. The molecule has 1 rings (SSSR count). The van der Waals surface area contributed by atoms with E-state index in [0.717, 1.165) is 25.1 Å². The molecule has 1 heterocycles. The van der Waals surface area contributed by atoms with Crippen LogP contribution in [-0.4, -0.2) is 12.3 Å². The van der Waals surface area contributed by atoms with Crippen molar-refractivity contribution in [2.75, 3.05) is 6.54 Å². The fraction of sp³-hybridized carbons (Fsp3) is 0.462. The van der Waals surface area contributed by atoms with E-state index in [1.807, 2.05) is 0 Å². The van der Waals surface area contributed by atoms with Crippen molar-refractivity contribution in [3.05, 3.63) is 35.5 Å². The molecule has 1 aliphatic rings. The number of hydrogen-bond donors (Lipinski definition) is 0. The van der Waals surface area contributed by atoms with E-state index in [1.165, 1.54) is 16.7 Å². The first-order valence-corrected chi connectivity index (χ1v) is 5.23. The van der Waals surface area contributed by atoms with E-state index < -0.39 is 0 Å². The summed E-state index contributed by atoms with van der Waals surface area (Å²) in [5, 5.41) is 0. The van der Waals surface area contributed by atoms with E-state index >= 15 is 0 Å². The Morgan fingerprint density at radius 1 is 1.64 bits per heavy atom. The van der Waals surface area contributed by atoms with E-state index in [4.69, 9.17) is 0 Å². The van der Waals surface area contributed by atoms with Gasteiger partial charge in [0, 0.05) is 12.3 Å². The van der Waals surface area contributed by atoms with Crippen molar-refractivity contribution in [1.29, 1.82) is 0 Å². The summed E-state index contributed by atoms with van der Waals surface area (Å²) in [6.07, 6.45) is 6.54. The summed E-state index contributed by atoms with van der Waals surface area (Å²) in [5.74, 6) is 0. The van der Waals surface area contributed by atoms with Crippen molar-refractivity contribution in [3.63, 3.8) is 0 Å². The van der Waals surface area contributed by atoms with Crippen LogP contribution >= 0.6 is 0 Å². The molecular weight excluding hydrogens is 170 g/mol. The Kier molecular flexibility index (Phi) is 3.87. The molecule has 0 unspecified atom stereocenters. The van der Waals surface area contributed by atoms with Gasteiger partial charge in [-0.3, -0.25) is 4.99 Å². The van der Waals surface area contributed by atoms with Crippen molar-refractivity contribution >= 4 is 5.71 Å². The SMILES string of the molecule is C=C(CC)/C(C)=C/C1=CCCN=C1C. The van der Waals surface area contributed by atoms with Gasteiger partial charge in [-0.05, 0) is 37.8 Å². The zero-order valence-electron chi connectivity index (χ0n) is 9.43. The topological polar surface area (TPSA) is 12.4 Å². The second-order valence-electron chi connectivity index (χ2n) is 3.70. The maximum Gasteiger partial charge on any atom is 0.0427 e. The molecular formula is C13H19N. The molecule has 1 aliphatic heterocycles. The second-order valence-corrected chi connectivity index (χ2v) is 3.70. The molecule has 0 spiro atoms. The zero-order valence-corrected chi connectivity index (χ0v) is 9.43. The number of aliphatic imine (C=N–C) groups is 1. The summed E-state index contributed by atoms with van der Waals surface area (Å²) in [6.45, 7) is 11.3. The monoisotopic (exact) mass is 189 g/mol. The fourth-order valence-electron chi connectivity index (χ4n) is 1.47. The highest BCUT2D eigenvalue weighted by Crippen LogP contribution is 2.16. The van der Waals surface area contributed by atoms with Crippen LogP contribution in [0.4, 0.5) is 0 Å². The highest BCUT2D eigenvalue weighted by atomic mass is 14.7. The van der Waals surface area contributed by atoms with E-state index in [-0.39, 0.29) is 0 Å². The summed E-state index contributed by atoms with van der Waals surface area (Å²) < 4.78 is 0. The molecule has 0 atom stereocenters. The summed E-state index contributed by atoms with van der Waals surface area (Å²) >= 11 is 0. The predicted molar refractivity (Wildman–Crippen MR) is 63.9 cm³/mol. The minimum atomic E-state index is 0.941. The van der Waals surface area contributed by atoms with Crippen LogP contribution in [0.1, 0.15) is 33.6 Å². The molecule has 1 heteroatoms. The largest absolute Gasteiger partial charge is 0.289 e. The Morgan fingerprint density at radius 2 is 2.36 bits per heavy atom. The number of dihydropyridines is 1. The summed E-state index contributed by atoms with van der Waals surface area (Å²) in [6, 6.07) is 0. The molecule has 0 saturated carbocycles. The highest BCUT2D eigenvalue weighted by molar-refractivity contribution is 6.01. The van der Waals surface area contributed by atoms with Gasteiger partial charge >= 0.3 is 0 Å². The fourth-order valence-corrected chi connectivity index (χ4v) is 1.47. The normalized spacial score (nSPS) is 17.5. The number of allylic oxidation sites excluding steroid dienone is 4. The molecule has 0 aliphatic carbocycles. The average molecular weight is 189 g/mol. The molecule has 0 fully saturated rings. The third kappa shape index (κ3) is 2.69. The Bertz CT molecular complexity index is 316. The lowest BCUT2D eigenvalue weighted by Gasteiger charge is -2.10. The van der Waals surface area contributed by atoms with E-state index in [9.17, 15) is 0 Å². The minimum Gasteiger partial charge on any atom is -0.289 e. The molecule has 0 amide bonds. The highest BCUT2D eigenvalue weighted by Gasteiger charge is 2.04. The van der Waals surface area contributed by atoms with E-state index in [2.05, 4.69) is 44.5 Å². The molecule has 0 radical (unpaired) electrons. The van der Waals surface area contributed by atoms with Gasteiger partial charge in [0.05, 0.1) is 0 Å². The zero-order chi connectivity index (χ0) is 10.6. The van der Waals surface area contributed by atoms with Gasteiger partial charge in [-0.25, -0.2) is 0 Å². The van der Waals surface area contributed by atoms with Crippen molar-refractivity contribution in [2.45, 2.75) is 33.6 Å². The summed E-state index contributed by atoms with van der Waals surface area (Å²) in [7, 11) is 0. The molecule has 0 saturated heterocycles. The van der Waals surface area contributed by atoms with Crippen LogP contribution in [-0.2, 0) is 0 Å². The van der Waals surface area contributed by atoms with E-state index in [0.29, 0.717) is 0 Å². The second kappa shape index (κ2) is 4.94. The number of hydrogen-bond acceptors (Lipinski definition) is 1. The first kappa shape index (κ1) is 11.0. The Hall–Kier alpha value is -1.11. The third-order valence-corrected chi connectivity index (χ3v) is 2.62. The van der Waals surface area contributed by atoms with E-state index in [1.54, 1.807) is 0 Å². The molecule has 76 valence electrons. The molecule has 14 heavy (non-hydrogen) atoms. The average Bonchev–Trinajstić information content (AvgIpc) is 2.20. The van der Waals surface area contributed by atoms with Crippen LogP contribution in [0.3, 0.4) is 0 Å². The van der Waals surface area contributed by atoms with Crippen molar-refractivity contribution in [2.24, 2.45) is 4.99 Å². The first-order chi connectivity index (χ1) is 6.65. The van der Waals surface area contributed by atoms with Gasteiger partial charge < -0.3 is 0 Å². The van der Waals surface area contributed by atoms with Crippen LogP contribution < -0.4 is 0 Å². The van der Waals surface area contributed by atoms with Gasteiger partial charge in [0.1, 0.15) is 0 Å². The van der Waals surface area contributed by atoms with Crippen LogP contribution in [0.15, 0.2) is 40.4 Å². The molecule has 0 N–H and O–H groups in total. The lowest BCUT2D eigenvalue weighted by atomic mass is 10.0. The van der Waals surface area contributed by atoms with Gasteiger partial charge in [0.2, 0.25) is 0 Å². The molecule has 0 aromatic heterocycles. The van der Waals surface area contributed by atoms with Crippen molar-refractivity contribution in [1.82, 2.24) is 0 Å². The maximum absolute atomic E-state index is 4.42. The summed E-state index contributed by atoms with van der Waals surface area (Å²) in [5.41, 5.74) is 4.90. The first-order valence-electron chi connectivity index (χ1n) is 5.23. The van der Waals surface area contributed by atoms with Crippen LogP contribution in [0.2, 0.25) is 0 Å². The van der Waals surface area contributed by atoms with Gasteiger partial charge in [0.25, 0.3) is 0 Å². The Morgan fingerprint density at radius 3 is 2.93 bits per heavy atom. The smallest absolute Gasteiger partial charge is 0.0427 e. The van der Waals surface area contributed by atoms with Gasteiger partial charge in [-0.15, -0.1) is 0 Å². The third-order valence-electron chi connectivity index (χ3n) is 2.62. The van der Waals surface area contributed by atoms with Crippen LogP contribution in [0, 0.1) is 0 Å². The molecule has 0 bridgehead atoms. The summed E-state index contributed by atoms with van der Waals surface area (Å²) in [4.78, 5) is 4.42. The van der Waals surface area contributed by atoms with Crippen molar-refractivity contribution in [3.8, 4) is 0 Å². The van der Waals surface area contributed by atoms with Gasteiger partial charge in [0.15, 0.2) is 0 Å². The molecule has 0 aromatic rings. The lowest BCUT2D eigenvalue weighted by molar-refractivity contribution is 0.981. The lowest BCUT2D eigenvalue weighted by Crippen LogP contribution is -2.02. The molecule has 0 aromatic carbocycles. The van der Waals surface area contributed by atoms with Crippen molar-refractivity contribution < 1.29 is 0 Å². The Balaban J connectivity index is 2.81. The van der Waals surface area contributed by atoms with Gasteiger partial charge in [-0.1, -0.05) is 31.2 Å². The predicted octanol–water partition coefficient (Wildman–Crippen LogP) is 3.69. The maximum atomic E-state index is 4.42. The quantitative estimate of drug-likeness (QED) is 0.600.